The van der Waals surface area contributed by atoms with Gasteiger partial charge in [0.2, 0.25) is 0 Å². The minimum absolute atomic E-state index is 0. The standard InChI is InChI=1S/HNO3.2NO3.2H3N/c3*2-1(3)4;;/h(H,2,3,4);;;2*1H3/q;2*-1;;/p+2. The van der Waals surface area contributed by atoms with Crippen LogP contribution in [0.25, 0.3) is 0 Å². The van der Waals surface area contributed by atoms with Gasteiger partial charge in [-0.1, -0.05) is 0 Å². The molecular formula is H9N5O9. The van der Waals surface area contributed by atoms with Gasteiger partial charge in [-0.2, -0.15) is 0 Å². The Morgan fingerprint density at radius 3 is 0.714 bits per heavy atom. The Hall–Kier alpha value is -2.48. The van der Waals surface area contributed by atoms with Crippen LogP contribution in [0.3, 0.4) is 0 Å². The van der Waals surface area contributed by atoms with Gasteiger partial charge in [-0.15, -0.1) is 10.1 Å². The van der Waals surface area contributed by atoms with E-state index in [1.807, 2.05) is 0 Å². The number of hydrogen-bond donors (Lipinski definition) is 3. The van der Waals surface area contributed by atoms with Crippen LogP contribution < -0.4 is 12.3 Å². The van der Waals surface area contributed by atoms with Gasteiger partial charge < -0.3 is 48.2 Å². The molecule has 9 N–H and O–H groups in total. The fourth-order valence-electron chi connectivity index (χ4n) is 0. The molecule has 0 amide bonds. The molecule has 0 aromatic heterocycles. The maximum atomic E-state index is 8.36. The van der Waals surface area contributed by atoms with Crippen molar-refractivity contribution in [1.82, 2.24) is 12.3 Å². The van der Waals surface area contributed by atoms with Gasteiger partial charge in [0.05, 0.1) is 10.2 Å². The Morgan fingerprint density at radius 1 is 0.714 bits per heavy atom. The Balaban J connectivity index is -0.0000000270. The van der Waals surface area contributed by atoms with Gasteiger partial charge in [0.25, 0.3) is 5.09 Å². The second-order valence-electron chi connectivity index (χ2n) is 0.685. The summed E-state index contributed by atoms with van der Waals surface area (Å²) in [6.45, 7) is 0. The minimum Gasteiger partial charge on any atom is -0.369 e. The fourth-order valence-corrected chi connectivity index (χ4v) is 0. The molecule has 14 heteroatoms. The molecule has 0 unspecified atom stereocenters. The molecule has 0 heterocycles. The van der Waals surface area contributed by atoms with Crippen LogP contribution in [-0.4, -0.2) is 20.5 Å². The molecule has 14 nitrogen and oxygen atoms in total. The third-order valence-corrected chi connectivity index (χ3v) is 0. The Kier molecular flexibility index (Phi) is 48.0. The minimum atomic E-state index is -1.75. The van der Waals surface area contributed by atoms with Crippen molar-refractivity contribution in [3.63, 3.8) is 0 Å². The quantitative estimate of drug-likeness (QED) is 0.365. The summed E-state index contributed by atoms with van der Waals surface area (Å²) in [5.74, 6) is 0. The molecule has 0 bridgehead atoms. The number of rotatable bonds is 0. The second-order valence-corrected chi connectivity index (χ2v) is 0.685. The van der Waals surface area contributed by atoms with Gasteiger partial charge in [-0.05, 0) is 0 Å². The molecular weight excluding hydrogens is 214 g/mol. The summed E-state index contributed by atoms with van der Waals surface area (Å²) in [6, 6.07) is 0. The van der Waals surface area contributed by atoms with E-state index in [0.29, 0.717) is 0 Å². The van der Waals surface area contributed by atoms with Gasteiger partial charge >= 0.3 is 0 Å². The zero-order valence-electron chi connectivity index (χ0n) is 7.05. The maximum absolute atomic E-state index is 8.36. The molecule has 14 heavy (non-hydrogen) atoms. The first-order valence-corrected chi connectivity index (χ1v) is 1.66. The third-order valence-electron chi connectivity index (χ3n) is 0. The molecule has 0 radical (unpaired) electrons. The van der Waals surface area contributed by atoms with E-state index in [-0.39, 0.29) is 12.3 Å². The topological polar surface area (TPSA) is 269 Å². The van der Waals surface area contributed by atoms with Crippen LogP contribution in [0.4, 0.5) is 0 Å². The molecule has 0 aliphatic rings. The lowest BCUT2D eigenvalue weighted by molar-refractivity contribution is -0.742. The van der Waals surface area contributed by atoms with E-state index in [1.54, 1.807) is 0 Å². The van der Waals surface area contributed by atoms with Crippen molar-refractivity contribution in [1.29, 1.82) is 0 Å². The number of hydrogen-bond acceptors (Lipinski definition) is 8. The average molecular weight is 223 g/mol. The van der Waals surface area contributed by atoms with Crippen LogP contribution >= 0.6 is 0 Å². The SMILES string of the molecule is O=[N+]([O-])O.O=[N+]([O-])[O-].O=[N+]([O-])[O-].[NH4+].[NH4+]. The summed E-state index contributed by atoms with van der Waals surface area (Å²) in [7, 11) is 0. The van der Waals surface area contributed by atoms with E-state index < -0.39 is 15.3 Å². The highest BCUT2D eigenvalue weighted by atomic mass is 16.9. The van der Waals surface area contributed by atoms with Crippen LogP contribution in [-0.2, 0) is 0 Å². The Labute approximate surface area is 74.9 Å². The largest absolute Gasteiger partial charge is 0.369 e. The molecule has 0 spiro atoms. The molecule has 88 valence electrons. The molecule has 0 saturated heterocycles. The predicted molar refractivity (Wildman–Crippen MR) is 41.5 cm³/mol. The molecule has 0 aliphatic carbocycles. The number of nitrogens with zero attached hydrogens (tertiary/aromatic N) is 3. The van der Waals surface area contributed by atoms with Crippen molar-refractivity contribution in [2.45, 2.75) is 0 Å². The van der Waals surface area contributed by atoms with Crippen molar-refractivity contribution in [3.05, 3.63) is 40.8 Å². The highest BCUT2D eigenvalue weighted by molar-refractivity contribution is 4.04. The molecule has 0 rings (SSSR count). The monoisotopic (exact) mass is 223 g/mol. The van der Waals surface area contributed by atoms with Crippen LogP contribution in [0.2, 0.25) is 0 Å². The van der Waals surface area contributed by atoms with E-state index in [1.165, 1.54) is 0 Å². The molecule has 0 aromatic carbocycles. The van der Waals surface area contributed by atoms with E-state index in [0.717, 1.165) is 0 Å². The van der Waals surface area contributed by atoms with Crippen molar-refractivity contribution in [2.75, 3.05) is 0 Å². The summed E-state index contributed by atoms with van der Waals surface area (Å²) in [4.78, 5) is 24.9. The highest BCUT2D eigenvalue weighted by Crippen LogP contribution is 1.44. The summed E-state index contributed by atoms with van der Waals surface area (Å²) in [5, 5.41) is 43.1. The van der Waals surface area contributed by atoms with Gasteiger partial charge in [-0.25, -0.2) is 0 Å². The summed E-state index contributed by atoms with van der Waals surface area (Å²) in [5.41, 5.74) is 0. The second kappa shape index (κ2) is 22.4. The van der Waals surface area contributed by atoms with E-state index >= 15 is 0 Å². The summed E-state index contributed by atoms with van der Waals surface area (Å²) in [6.07, 6.45) is 0. The van der Waals surface area contributed by atoms with Crippen molar-refractivity contribution < 1.29 is 20.5 Å². The molecule has 0 fully saturated rings. The zero-order chi connectivity index (χ0) is 10.7. The Bertz CT molecular complexity index is 111. The molecule has 0 aromatic rings. The first-order chi connectivity index (χ1) is 5.20. The first-order valence-electron chi connectivity index (χ1n) is 1.66. The van der Waals surface area contributed by atoms with Gasteiger partial charge in [0.15, 0.2) is 0 Å². The zero-order valence-corrected chi connectivity index (χ0v) is 7.05. The van der Waals surface area contributed by atoms with Gasteiger partial charge in [0, 0.05) is 0 Å². The molecule has 0 aliphatic heterocycles. The van der Waals surface area contributed by atoms with E-state index in [9.17, 15) is 0 Å². The Morgan fingerprint density at radius 2 is 0.714 bits per heavy atom. The lowest BCUT2D eigenvalue weighted by atomic mass is 13.1. The van der Waals surface area contributed by atoms with Crippen molar-refractivity contribution >= 4 is 0 Å². The highest BCUT2D eigenvalue weighted by Gasteiger charge is 1.65. The number of quaternary nitrogens is 2. The average Bonchev–Trinajstić information content (AvgIpc) is 1.54. The van der Waals surface area contributed by atoms with Crippen molar-refractivity contribution in [3.8, 4) is 0 Å². The van der Waals surface area contributed by atoms with Crippen LogP contribution in [0.5, 0.6) is 0 Å². The van der Waals surface area contributed by atoms with Gasteiger partial charge in [-0.3, -0.25) is 0 Å². The lowest BCUT2D eigenvalue weighted by Gasteiger charge is -1.74. The van der Waals surface area contributed by atoms with E-state index in [2.05, 4.69) is 0 Å². The smallest absolute Gasteiger partial charge is 0.291 e. The fraction of sp³-hybridized carbons (Fsp3) is 0. The van der Waals surface area contributed by atoms with Crippen LogP contribution in [0.15, 0.2) is 0 Å². The van der Waals surface area contributed by atoms with Crippen LogP contribution in [0.1, 0.15) is 0 Å². The van der Waals surface area contributed by atoms with Gasteiger partial charge in [0.1, 0.15) is 0 Å². The third kappa shape index (κ3) is 112. The molecule has 0 saturated carbocycles. The predicted octanol–water partition coefficient (Wildman–Crippen LogP) is -0.0735. The van der Waals surface area contributed by atoms with Crippen LogP contribution in [0, 0.1) is 40.8 Å². The lowest BCUT2D eigenvalue weighted by Crippen LogP contribution is -1.81. The molecule has 0 atom stereocenters. The van der Waals surface area contributed by atoms with Crippen molar-refractivity contribution in [2.24, 2.45) is 0 Å². The normalized spacial score (nSPS) is 5.14. The maximum Gasteiger partial charge on any atom is 0.291 e. The first kappa shape index (κ1) is 30.0. The summed E-state index contributed by atoms with van der Waals surface area (Å²) >= 11 is 0. The summed E-state index contributed by atoms with van der Waals surface area (Å²) < 4.78 is 0. The van der Waals surface area contributed by atoms with E-state index in [4.69, 9.17) is 46.0 Å².